The van der Waals surface area contributed by atoms with Crippen molar-refractivity contribution in [1.29, 1.82) is 0 Å². The van der Waals surface area contributed by atoms with Crippen LogP contribution in [0.5, 0.6) is 0 Å². The predicted molar refractivity (Wildman–Crippen MR) is 61.1 cm³/mol. The first kappa shape index (κ1) is 11.8. The highest BCUT2D eigenvalue weighted by molar-refractivity contribution is 7.99. The normalized spacial score (nSPS) is 10.9. The van der Waals surface area contributed by atoms with E-state index in [0.717, 1.165) is 22.9 Å². The van der Waals surface area contributed by atoms with E-state index in [9.17, 15) is 0 Å². The molecule has 1 rings (SSSR count). The van der Waals surface area contributed by atoms with E-state index in [4.69, 9.17) is 11.6 Å². The Morgan fingerprint density at radius 3 is 2.79 bits per heavy atom. The Labute approximate surface area is 93.9 Å². The van der Waals surface area contributed by atoms with Gasteiger partial charge in [0.25, 0.3) is 0 Å². The molecule has 0 saturated heterocycles. The lowest BCUT2D eigenvalue weighted by molar-refractivity contribution is 0.437. The van der Waals surface area contributed by atoms with Crippen LogP contribution in [0.1, 0.15) is 5.56 Å². The Morgan fingerprint density at radius 1 is 1.43 bits per heavy atom. The van der Waals surface area contributed by atoms with E-state index in [1.54, 1.807) is 11.8 Å². The quantitative estimate of drug-likeness (QED) is 0.586. The van der Waals surface area contributed by atoms with Gasteiger partial charge in [0.2, 0.25) is 0 Å². The minimum absolute atomic E-state index is 0.548. The highest BCUT2D eigenvalue weighted by Crippen LogP contribution is 2.23. The Balaban J connectivity index is 2.54. The first-order valence-corrected chi connectivity index (χ1v) is 5.72. The molecule has 0 saturated carbocycles. The van der Waals surface area contributed by atoms with Gasteiger partial charge in [-0.2, -0.15) is 0 Å². The van der Waals surface area contributed by atoms with Crippen LogP contribution >= 0.6 is 23.4 Å². The van der Waals surface area contributed by atoms with Crippen molar-refractivity contribution < 1.29 is 0 Å². The fourth-order valence-corrected chi connectivity index (χ4v) is 2.16. The van der Waals surface area contributed by atoms with E-state index in [-0.39, 0.29) is 0 Å². The van der Waals surface area contributed by atoms with Gasteiger partial charge < -0.3 is 4.90 Å². The van der Waals surface area contributed by atoms with Crippen molar-refractivity contribution in [1.82, 2.24) is 14.9 Å². The Hall–Kier alpha value is -0.320. The molecule has 0 amide bonds. The third-order valence-electron chi connectivity index (χ3n) is 1.75. The van der Waals surface area contributed by atoms with E-state index in [0.29, 0.717) is 5.15 Å². The Morgan fingerprint density at radius 2 is 2.14 bits per heavy atom. The van der Waals surface area contributed by atoms with Crippen molar-refractivity contribution in [3.63, 3.8) is 0 Å². The number of hydrogen-bond acceptors (Lipinski definition) is 4. The van der Waals surface area contributed by atoms with Gasteiger partial charge in [0, 0.05) is 17.9 Å². The zero-order valence-electron chi connectivity index (χ0n) is 8.62. The smallest absolute Gasteiger partial charge is 0.136 e. The zero-order chi connectivity index (χ0) is 10.6. The molecule has 5 heteroatoms. The van der Waals surface area contributed by atoms with E-state index >= 15 is 0 Å². The van der Waals surface area contributed by atoms with Crippen molar-refractivity contribution in [3.8, 4) is 0 Å². The average Bonchev–Trinajstić information content (AvgIpc) is 2.12. The standard InChI is InChI=1S/C9H14ClN3S/c1-7-8(10)11-6-12-9(7)14-5-4-13(2)3/h6H,4-5H2,1-3H3. The van der Waals surface area contributed by atoms with E-state index < -0.39 is 0 Å². The maximum absolute atomic E-state index is 5.88. The molecule has 3 nitrogen and oxygen atoms in total. The number of rotatable bonds is 4. The lowest BCUT2D eigenvalue weighted by Gasteiger charge is -2.09. The van der Waals surface area contributed by atoms with Gasteiger partial charge in [-0.05, 0) is 21.0 Å². The molecule has 0 unspecified atom stereocenters. The van der Waals surface area contributed by atoms with Crippen LogP contribution in [0.25, 0.3) is 0 Å². The summed E-state index contributed by atoms with van der Waals surface area (Å²) in [6.45, 7) is 2.98. The molecule has 0 aromatic carbocycles. The van der Waals surface area contributed by atoms with Crippen LogP contribution in [0, 0.1) is 6.92 Å². The van der Waals surface area contributed by atoms with Crippen LogP contribution in [0.4, 0.5) is 0 Å². The maximum Gasteiger partial charge on any atom is 0.136 e. The summed E-state index contributed by atoms with van der Waals surface area (Å²) in [7, 11) is 4.11. The zero-order valence-corrected chi connectivity index (χ0v) is 10.2. The number of thioether (sulfide) groups is 1. The van der Waals surface area contributed by atoms with Crippen molar-refractivity contribution in [2.45, 2.75) is 11.9 Å². The summed E-state index contributed by atoms with van der Waals surface area (Å²) in [6, 6.07) is 0. The lowest BCUT2D eigenvalue weighted by atomic mass is 10.4. The van der Waals surface area contributed by atoms with Gasteiger partial charge in [-0.15, -0.1) is 11.8 Å². The predicted octanol–water partition coefficient (Wildman–Crippen LogP) is 2.09. The molecule has 1 heterocycles. The molecule has 0 fully saturated rings. The van der Waals surface area contributed by atoms with Crippen LogP contribution in [-0.2, 0) is 0 Å². The second kappa shape index (κ2) is 5.53. The minimum atomic E-state index is 0.548. The van der Waals surface area contributed by atoms with Gasteiger partial charge in [0.1, 0.15) is 16.5 Å². The summed E-state index contributed by atoms with van der Waals surface area (Å²) in [5.74, 6) is 1.02. The molecule has 0 N–H and O–H groups in total. The van der Waals surface area contributed by atoms with Crippen molar-refractivity contribution >= 4 is 23.4 Å². The van der Waals surface area contributed by atoms with Gasteiger partial charge in [-0.25, -0.2) is 9.97 Å². The molecular weight excluding hydrogens is 218 g/mol. The first-order valence-electron chi connectivity index (χ1n) is 4.36. The molecule has 0 radical (unpaired) electrons. The van der Waals surface area contributed by atoms with E-state index in [1.165, 1.54) is 6.33 Å². The third-order valence-corrected chi connectivity index (χ3v) is 3.21. The van der Waals surface area contributed by atoms with Crippen LogP contribution in [0.3, 0.4) is 0 Å². The summed E-state index contributed by atoms with van der Waals surface area (Å²) < 4.78 is 0. The Bertz CT molecular complexity index is 304. The second-order valence-corrected chi connectivity index (χ2v) is 4.69. The number of hydrogen-bond donors (Lipinski definition) is 0. The summed E-state index contributed by atoms with van der Waals surface area (Å²) in [6.07, 6.45) is 1.51. The Kier molecular flexibility index (Phi) is 4.65. The molecule has 0 aliphatic carbocycles. The molecule has 14 heavy (non-hydrogen) atoms. The SMILES string of the molecule is Cc1c(Cl)ncnc1SCCN(C)C. The van der Waals surface area contributed by atoms with Gasteiger partial charge in [0.15, 0.2) is 0 Å². The summed E-state index contributed by atoms with van der Waals surface area (Å²) in [5.41, 5.74) is 0.970. The van der Waals surface area contributed by atoms with Gasteiger partial charge in [-0.1, -0.05) is 11.6 Å². The molecule has 0 spiro atoms. The number of aromatic nitrogens is 2. The first-order chi connectivity index (χ1) is 6.61. The van der Waals surface area contributed by atoms with Crippen molar-refractivity contribution in [2.24, 2.45) is 0 Å². The van der Waals surface area contributed by atoms with Crippen LogP contribution in [0.2, 0.25) is 5.15 Å². The molecule has 0 aliphatic heterocycles. The van der Waals surface area contributed by atoms with Gasteiger partial charge >= 0.3 is 0 Å². The third kappa shape index (κ3) is 3.44. The van der Waals surface area contributed by atoms with Crippen molar-refractivity contribution in [3.05, 3.63) is 17.0 Å². The van der Waals surface area contributed by atoms with Gasteiger partial charge in [-0.3, -0.25) is 0 Å². The lowest BCUT2D eigenvalue weighted by Crippen LogP contribution is -2.14. The summed E-state index contributed by atoms with van der Waals surface area (Å²) >= 11 is 7.59. The molecule has 78 valence electrons. The monoisotopic (exact) mass is 231 g/mol. The summed E-state index contributed by atoms with van der Waals surface area (Å²) in [4.78, 5) is 10.2. The fourth-order valence-electron chi connectivity index (χ4n) is 0.884. The van der Waals surface area contributed by atoms with Crippen LogP contribution in [0.15, 0.2) is 11.4 Å². The molecular formula is C9H14ClN3S. The average molecular weight is 232 g/mol. The number of nitrogens with zero attached hydrogens (tertiary/aromatic N) is 3. The minimum Gasteiger partial charge on any atom is -0.309 e. The molecule has 1 aromatic rings. The van der Waals surface area contributed by atoms with Crippen LogP contribution in [-0.4, -0.2) is 41.3 Å². The second-order valence-electron chi connectivity index (χ2n) is 3.25. The van der Waals surface area contributed by atoms with E-state index in [1.807, 2.05) is 6.92 Å². The topological polar surface area (TPSA) is 29.0 Å². The highest BCUT2D eigenvalue weighted by atomic mass is 35.5. The van der Waals surface area contributed by atoms with Crippen molar-refractivity contribution in [2.75, 3.05) is 26.4 Å². The maximum atomic E-state index is 5.88. The van der Waals surface area contributed by atoms with E-state index in [2.05, 4.69) is 29.0 Å². The highest BCUT2D eigenvalue weighted by Gasteiger charge is 2.05. The fraction of sp³-hybridized carbons (Fsp3) is 0.556. The van der Waals surface area contributed by atoms with Gasteiger partial charge in [0.05, 0.1) is 0 Å². The largest absolute Gasteiger partial charge is 0.309 e. The van der Waals surface area contributed by atoms with Crippen LogP contribution < -0.4 is 0 Å². The number of halogens is 1. The summed E-state index contributed by atoms with van der Waals surface area (Å²) in [5, 5.41) is 1.53. The molecule has 0 bridgehead atoms. The molecule has 0 aliphatic rings. The molecule has 0 atom stereocenters. The molecule has 1 aromatic heterocycles.